The molecular weight excluding hydrogens is 267 g/mol. The maximum atomic E-state index is 12.1. The third kappa shape index (κ3) is 2.51. The van der Waals surface area contributed by atoms with Gasteiger partial charge in [-0.3, -0.25) is 4.90 Å². The zero-order valence-electron chi connectivity index (χ0n) is 11.4. The summed E-state index contributed by atoms with van der Waals surface area (Å²) in [6.45, 7) is 3.38. The summed E-state index contributed by atoms with van der Waals surface area (Å²) in [5.74, 6) is -0.150. The topological polar surface area (TPSA) is 12.5 Å². The highest BCUT2D eigenvalue weighted by Crippen LogP contribution is 2.48. The molecule has 2 fully saturated rings. The number of benzene rings is 1. The number of nitrogens with zero attached hydrogens (tertiary/aromatic N) is 1. The van der Waals surface area contributed by atoms with E-state index >= 15 is 0 Å². The van der Waals surface area contributed by atoms with E-state index in [-0.39, 0.29) is 11.3 Å². The van der Waals surface area contributed by atoms with Gasteiger partial charge in [0.2, 0.25) is 0 Å². The Kier molecular flexibility index (Phi) is 3.20. The van der Waals surface area contributed by atoms with Crippen molar-refractivity contribution < 1.29 is 17.9 Å². The monoisotopic (exact) mass is 285 g/mol. The van der Waals surface area contributed by atoms with Crippen LogP contribution in [0.5, 0.6) is 5.75 Å². The largest absolute Gasteiger partial charge is 0.573 e. The molecule has 5 heteroatoms. The zero-order valence-corrected chi connectivity index (χ0v) is 11.4. The molecule has 2 heterocycles. The van der Waals surface area contributed by atoms with Gasteiger partial charge < -0.3 is 4.74 Å². The number of alkyl halides is 3. The standard InChI is InChI=1S/C15H18F3NO/c1-14-8-2-10-19(14)13(7-9-14)11-3-5-12(6-4-11)20-15(16,17)18/h3-6,13H,2,7-10H2,1H3. The maximum absolute atomic E-state index is 12.1. The van der Waals surface area contributed by atoms with Crippen molar-refractivity contribution in [2.24, 2.45) is 0 Å². The molecule has 0 amide bonds. The Labute approximate surface area is 116 Å². The smallest absolute Gasteiger partial charge is 0.406 e. The molecule has 2 saturated heterocycles. The average molecular weight is 285 g/mol. The van der Waals surface area contributed by atoms with E-state index in [4.69, 9.17) is 0 Å². The number of rotatable bonds is 2. The SMILES string of the molecule is CC12CCCN1C(c1ccc(OC(F)(F)F)cc1)CC2. The lowest BCUT2D eigenvalue weighted by molar-refractivity contribution is -0.274. The molecule has 0 aromatic heterocycles. The second kappa shape index (κ2) is 4.65. The molecule has 20 heavy (non-hydrogen) atoms. The van der Waals surface area contributed by atoms with Gasteiger partial charge in [-0.1, -0.05) is 12.1 Å². The van der Waals surface area contributed by atoms with E-state index in [9.17, 15) is 13.2 Å². The lowest BCUT2D eigenvalue weighted by atomic mass is 9.96. The van der Waals surface area contributed by atoms with Crippen LogP contribution in [-0.4, -0.2) is 23.3 Å². The molecular formula is C15H18F3NO. The van der Waals surface area contributed by atoms with Crippen molar-refractivity contribution in [3.05, 3.63) is 29.8 Å². The molecule has 2 atom stereocenters. The lowest BCUT2D eigenvalue weighted by Gasteiger charge is -2.31. The van der Waals surface area contributed by atoms with Gasteiger partial charge in [0.15, 0.2) is 0 Å². The zero-order chi connectivity index (χ0) is 14.4. The normalized spacial score (nSPS) is 30.5. The van der Waals surface area contributed by atoms with E-state index in [1.54, 1.807) is 12.1 Å². The first-order valence-electron chi connectivity index (χ1n) is 7.00. The summed E-state index contributed by atoms with van der Waals surface area (Å²) in [5, 5.41) is 0. The number of hydrogen-bond acceptors (Lipinski definition) is 2. The molecule has 2 nitrogen and oxygen atoms in total. The molecule has 1 aromatic carbocycles. The lowest BCUT2D eigenvalue weighted by Crippen LogP contribution is -2.36. The Morgan fingerprint density at radius 3 is 2.55 bits per heavy atom. The molecule has 2 aliphatic heterocycles. The van der Waals surface area contributed by atoms with E-state index < -0.39 is 6.36 Å². The van der Waals surface area contributed by atoms with Gasteiger partial charge in [-0.25, -0.2) is 0 Å². The fourth-order valence-electron chi connectivity index (χ4n) is 3.69. The van der Waals surface area contributed by atoms with Crippen molar-refractivity contribution in [1.82, 2.24) is 4.90 Å². The molecule has 2 unspecified atom stereocenters. The van der Waals surface area contributed by atoms with Crippen LogP contribution >= 0.6 is 0 Å². The predicted octanol–water partition coefficient (Wildman–Crippen LogP) is 4.27. The third-order valence-corrected chi connectivity index (χ3v) is 4.64. The summed E-state index contributed by atoms with van der Waals surface area (Å²) in [6, 6.07) is 6.68. The number of ether oxygens (including phenoxy) is 1. The van der Waals surface area contributed by atoms with Crippen molar-refractivity contribution >= 4 is 0 Å². The minimum Gasteiger partial charge on any atom is -0.406 e. The van der Waals surface area contributed by atoms with Gasteiger partial charge in [-0.05, 0) is 56.8 Å². The van der Waals surface area contributed by atoms with E-state index in [2.05, 4.69) is 16.6 Å². The highest BCUT2D eigenvalue weighted by atomic mass is 19.4. The number of hydrogen-bond donors (Lipinski definition) is 0. The van der Waals surface area contributed by atoms with Crippen molar-refractivity contribution in [3.63, 3.8) is 0 Å². The fraction of sp³-hybridized carbons (Fsp3) is 0.600. The van der Waals surface area contributed by atoms with Gasteiger partial charge in [0, 0.05) is 11.6 Å². The van der Waals surface area contributed by atoms with E-state index in [1.807, 2.05) is 0 Å². The molecule has 2 aliphatic rings. The summed E-state index contributed by atoms with van der Waals surface area (Å²) < 4.78 is 40.3. The molecule has 0 radical (unpaired) electrons. The summed E-state index contributed by atoms with van der Waals surface area (Å²) in [7, 11) is 0. The van der Waals surface area contributed by atoms with Crippen LogP contribution in [0.3, 0.4) is 0 Å². The molecule has 110 valence electrons. The average Bonchev–Trinajstić information content (AvgIpc) is 2.85. The minimum absolute atomic E-state index is 0.150. The molecule has 0 saturated carbocycles. The van der Waals surface area contributed by atoms with Crippen molar-refractivity contribution in [1.29, 1.82) is 0 Å². The van der Waals surface area contributed by atoms with Crippen LogP contribution in [0, 0.1) is 0 Å². The van der Waals surface area contributed by atoms with Crippen LogP contribution in [-0.2, 0) is 0 Å². The van der Waals surface area contributed by atoms with Gasteiger partial charge in [-0.2, -0.15) is 0 Å². The van der Waals surface area contributed by atoms with E-state index in [0.29, 0.717) is 6.04 Å². The van der Waals surface area contributed by atoms with Crippen LogP contribution in [0.25, 0.3) is 0 Å². The summed E-state index contributed by atoms with van der Waals surface area (Å²) in [5.41, 5.74) is 1.37. The Bertz CT molecular complexity index is 485. The summed E-state index contributed by atoms with van der Waals surface area (Å²) in [6.07, 6.45) is 0.0535. The molecule has 0 spiro atoms. The fourth-order valence-corrected chi connectivity index (χ4v) is 3.69. The first-order valence-corrected chi connectivity index (χ1v) is 7.00. The Hall–Kier alpha value is -1.23. The van der Waals surface area contributed by atoms with Gasteiger partial charge in [-0.15, -0.1) is 13.2 Å². The molecule has 1 aromatic rings. The second-order valence-corrected chi connectivity index (χ2v) is 5.97. The summed E-state index contributed by atoms with van der Waals surface area (Å²) >= 11 is 0. The van der Waals surface area contributed by atoms with Gasteiger partial charge >= 0.3 is 6.36 Å². The highest BCUT2D eigenvalue weighted by Gasteiger charge is 2.45. The second-order valence-electron chi connectivity index (χ2n) is 5.97. The highest BCUT2D eigenvalue weighted by molar-refractivity contribution is 5.30. The van der Waals surface area contributed by atoms with Gasteiger partial charge in [0.1, 0.15) is 5.75 Å². The van der Waals surface area contributed by atoms with Crippen LogP contribution in [0.1, 0.15) is 44.2 Å². The quantitative estimate of drug-likeness (QED) is 0.804. The van der Waals surface area contributed by atoms with Crippen LogP contribution in [0.15, 0.2) is 24.3 Å². The third-order valence-electron chi connectivity index (χ3n) is 4.64. The van der Waals surface area contributed by atoms with E-state index in [0.717, 1.165) is 18.5 Å². The van der Waals surface area contributed by atoms with Crippen LogP contribution in [0.2, 0.25) is 0 Å². The minimum atomic E-state index is -4.62. The first-order chi connectivity index (χ1) is 9.37. The molecule has 0 N–H and O–H groups in total. The number of fused-ring (bicyclic) bond motifs is 1. The van der Waals surface area contributed by atoms with Crippen LogP contribution < -0.4 is 4.74 Å². The maximum Gasteiger partial charge on any atom is 0.573 e. The predicted molar refractivity (Wildman–Crippen MR) is 69.4 cm³/mol. The Morgan fingerprint density at radius 1 is 1.20 bits per heavy atom. The number of halogens is 3. The molecule has 3 rings (SSSR count). The molecule has 0 aliphatic carbocycles. The Morgan fingerprint density at radius 2 is 1.90 bits per heavy atom. The van der Waals surface area contributed by atoms with E-state index in [1.165, 1.54) is 31.4 Å². The van der Waals surface area contributed by atoms with Crippen molar-refractivity contribution in [2.45, 2.75) is 50.6 Å². The Balaban J connectivity index is 1.75. The van der Waals surface area contributed by atoms with Crippen LogP contribution in [0.4, 0.5) is 13.2 Å². The summed E-state index contributed by atoms with van der Waals surface area (Å²) in [4.78, 5) is 2.51. The van der Waals surface area contributed by atoms with Gasteiger partial charge in [0.25, 0.3) is 0 Å². The first kappa shape index (κ1) is 13.7. The van der Waals surface area contributed by atoms with Crippen molar-refractivity contribution in [3.8, 4) is 5.75 Å². The van der Waals surface area contributed by atoms with Crippen molar-refractivity contribution in [2.75, 3.05) is 6.54 Å². The van der Waals surface area contributed by atoms with Gasteiger partial charge in [0.05, 0.1) is 0 Å². The molecule has 0 bridgehead atoms.